The second-order valence-electron chi connectivity index (χ2n) is 4.79. The fourth-order valence-corrected chi connectivity index (χ4v) is 2.70. The molecule has 0 unspecified atom stereocenters. The lowest BCUT2D eigenvalue weighted by molar-refractivity contribution is 0.112. The summed E-state index contributed by atoms with van der Waals surface area (Å²) in [6.07, 6.45) is 4.84. The quantitative estimate of drug-likeness (QED) is 0.831. The second-order valence-corrected chi connectivity index (χ2v) is 4.79. The first-order valence-electron chi connectivity index (χ1n) is 6.15. The van der Waals surface area contributed by atoms with Gasteiger partial charge in [-0.15, -0.1) is 0 Å². The minimum Gasteiger partial charge on any atom is -0.493 e. The summed E-state index contributed by atoms with van der Waals surface area (Å²) >= 11 is 0. The molecule has 1 aliphatic carbocycles. The minimum absolute atomic E-state index is 0.405. The van der Waals surface area contributed by atoms with Crippen LogP contribution < -0.4 is 15.2 Å². The van der Waals surface area contributed by atoms with E-state index in [0.717, 1.165) is 37.5 Å². The van der Waals surface area contributed by atoms with Gasteiger partial charge in [-0.1, -0.05) is 12.8 Å². The van der Waals surface area contributed by atoms with Crippen LogP contribution in [0.15, 0.2) is 12.1 Å². The first kappa shape index (κ1) is 12.9. The maximum atomic E-state index is 11.0. The molecule has 0 bridgehead atoms. The summed E-state index contributed by atoms with van der Waals surface area (Å²) in [5.74, 6) is 1.21. The standard InChI is InChI=1S/C14H19NO3/c1-17-12-8-10(9-16)7-11(13(12)18-2)14(15)5-3-4-6-14/h7-9H,3-6,15H2,1-2H3. The molecule has 0 atom stereocenters. The van der Waals surface area contributed by atoms with Crippen LogP contribution in [0.2, 0.25) is 0 Å². The summed E-state index contributed by atoms with van der Waals surface area (Å²) in [5, 5.41) is 0. The smallest absolute Gasteiger partial charge is 0.165 e. The summed E-state index contributed by atoms with van der Waals surface area (Å²) in [7, 11) is 3.16. The molecule has 1 aromatic rings. The van der Waals surface area contributed by atoms with Crippen LogP contribution in [0.3, 0.4) is 0 Å². The molecule has 1 saturated carbocycles. The highest BCUT2D eigenvalue weighted by molar-refractivity contribution is 5.77. The Kier molecular flexibility index (Phi) is 3.57. The number of ether oxygens (including phenoxy) is 2. The number of aldehydes is 1. The highest BCUT2D eigenvalue weighted by atomic mass is 16.5. The van der Waals surface area contributed by atoms with Gasteiger partial charge in [0.2, 0.25) is 0 Å². The van der Waals surface area contributed by atoms with Crippen LogP contribution in [0.25, 0.3) is 0 Å². The van der Waals surface area contributed by atoms with Gasteiger partial charge in [0.05, 0.1) is 14.2 Å². The second kappa shape index (κ2) is 4.98. The summed E-state index contributed by atoms with van der Waals surface area (Å²) < 4.78 is 10.7. The normalized spacial score (nSPS) is 17.5. The molecule has 1 aromatic carbocycles. The molecule has 0 aromatic heterocycles. The maximum Gasteiger partial charge on any atom is 0.165 e. The van der Waals surface area contributed by atoms with Gasteiger partial charge in [0.15, 0.2) is 11.5 Å². The average molecular weight is 249 g/mol. The van der Waals surface area contributed by atoms with E-state index in [4.69, 9.17) is 15.2 Å². The van der Waals surface area contributed by atoms with Crippen LogP contribution >= 0.6 is 0 Å². The molecule has 0 radical (unpaired) electrons. The van der Waals surface area contributed by atoms with E-state index in [1.807, 2.05) is 6.07 Å². The highest BCUT2D eigenvalue weighted by Crippen LogP contribution is 2.44. The molecule has 1 fully saturated rings. The number of hydrogen-bond acceptors (Lipinski definition) is 4. The van der Waals surface area contributed by atoms with Gasteiger partial charge >= 0.3 is 0 Å². The van der Waals surface area contributed by atoms with Gasteiger partial charge < -0.3 is 15.2 Å². The Hall–Kier alpha value is -1.55. The molecule has 2 rings (SSSR count). The summed E-state index contributed by atoms with van der Waals surface area (Å²) in [6.45, 7) is 0. The Morgan fingerprint density at radius 3 is 2.39 bits per heavy atom. The topological polar surface area (TPSA) is 61.5 Å². The molecular weight excluding hydrogens is 230 g/mol. The zero-order valence-corrected chi connectivity index (χ0v) is 10.9. The lowest BCUT2D eigenvalue weighted by Gasteiger charge is -2.27. The zero-order valence-electron chi connectivity index (χ0n) is 10.9. The third-order valence-corrected chi connectivity index (χ3v) is 3.67. The monoisotopic (exact) mass is 249 g/mol. The Morgan fingerprint density at radius 2 is 1.89 bits per heavy atom. The molecule has 2 N–H and O–H groups in total. The molecule has 98 valence electrons. The van der Waals surface area contributed by atoms with Crippen molar-refractivity contribution in [2.45, 2.75) is 31.2 Å². The van der Waals surface area contributed by atoms with E-state index >= 15 is 0 Å². The van der Waals surface area contributed by atoms with Gasteiger partial charge in [0, 0.05) is 16.7 Å². The zero-order chi connectivity index (χ0) is 13.2. The molecule has 0 aliphatic heterocycles. The molecule has 4 nitrogen and oxygen atoms in total. The van der Waals surface area contributed by atoms with Crippen molar-refractivity contribution in [3.05, 3.63) is 23.3 Å². The first-order valence-corrected chi connectivity index (χ1v) is 6.15. The predicted molar refractivity (Wildman–Crippen MR) is 69.3 cm³/mol. The number of nitrogens with two attached hydrogens (primary N) is 1. The van der Waals surface area contributed by atoms with Crippen molar-refractivity contribution in [3.63, 3.8) is 0 Å². The fraction of sp³-hybridized carbons (Fsp3) is 0.500. The van der Waals surface area contributed by atoms with Gasteiger partial charge in [0.1, 0.15) is 6.29 Å². The van der Waals surface area contributed by atoms with Crippen LogP contribution in [0.1, 0.15) is 41.6 Å². The Bertz CT molecular complexity index is 451. The van der Waals surface area contributed by atoms with Crippen molar-refractivity contribution in [1.29, 1.82) is 0 Å². The van der Waals surface area contributed by atoms with E-state index in [2.05, 4.69) is 0 Å². The molecule has 0 saturated heterocycles. The SMILES string of the molecule is COc1cc(C=O)cc(C2(N)CCCC2)c1OC. The van der Waals surface area contributed by atoms with Gasteiger partial charge in [-0.05, 0) is 25.0 Å². The predicted octanol–water partition coefficient (Wildman–Crippen LogP) is 2.24. The van der Waals surface area contributed by atoms with Gasteiger partial charge in [-0.25, -0.2) is 0 Å². The summed E-state index contributed by atoms with van der Waals surface area (Å²) in [6, 6.07) is 3.49. The van der Waals surface area contributed by atoms with E-state index in [0.29, 0.717) is 17.1 Å². The fourth-order valence-electron chi connectivity index (χ4n) is 2.70. The van der Waals surface area contributed by atoms with E-state index in [9.17, 15) is 4.79 Å². The van der Waals surface area contributed by atoms with E-state index in [1.54, 1.807) is 20.3 Å². The molecule has 0 heterocycles. The van der Waals surface area contributed by atoms with Gasteiger partial charge in [-0.2, -0.15) is 0 Å². The lowest BCUT2D eigenvalue weighted by Crippen LogP contribution is -2.33. The Balaban J connectivity index is 2.59. The van der Waals surface area contributed by atoms with Crippen molar-refractivity contribution in [2.75, 3.05) is 14.2 Å². The van der Waals surface area contributed by atoms with Crippen molar-refractivity contribution in [3.8, 4) is 11.5 Å². The minimum atomic E-state index is -0.405. The number of hydrogen-bond donors (Lipinski definition) is 1. The van der Waals surface area contributed by atoms with E-state index in [-0.39, 0.29) is 0 Å². The lowest BCUT2D eigenvalue weighted by atomic mass is 9.87. The molecule has 0 spiro atoms. The average Bonchev–Trinajstić information content (AvgIpc) is 2.85. The van der Waals surface area contributed by atoms with E-state index in [1.165, 1.54) is 0 Å². The number of carbonyl (C=O) groups is 1. The van der Waals surface area contributed by atoms with Gasteiger partial charge in [-0.3, -0.25) is 4.79 Å². The van der Waals surface area contributed by atoms with Crippen molar-refractivity contribution >= 4 is 6.29 Å². The van der Waals surface area contributed by atoms with E-state index < -0.39 is 5.54 Å². The third-order valence-electron chi connectivity index (χ3n) is 3.67. The van der Waals surface area contributed by atoms with Crippen molar-refractivity contribution in [2.24, 2.45) is 5.73 Å². The van der Waals surface area contributed by atoms with Crippen LogP contribution in [-0.4, -0.2) is 20.5 Å². The molecule has 18 heavy (non-hydrogen) atoms. The number of methoxy groups -OCH3 is 2. The van der Waals surface area contributed by atoms with Crippen LogP contribution in [0, 0.1) is 0 Å². The largest absolute Gasteiger partial charge is 0.493 e. The van der Waals surface area contributed by atoms with Crippen LogP contribution in [0.5, 0.6) is 11.5 Å². The Labute approximate surface area is 107 Å². The molecular formula is C14H19NO3. The highest BCUT2D eigenvalue weighted by Gasteiger charge is 2.35. The number of rotatable bonds is 4. The molecule has 4 heteroatoms. The van der Waals surface area contributed by atoms with Crippen LogP contribution in [-0.2, 0) is 5.54 Å². The van der Waals surface area contributed by atoms with Crippen LogP contribution in [0.4, 0.5) is 0 Å². The maximum absolute atomic E-state index is 11.0. The third kappa shape index (κ3) is 2.08. The Morgan fingerprint density at radius 1 is 1.22 bits per heavy atom. The first-order chi connectivity index (χ1) is 8.64. The molecule has 0 amide bonds. The van der Waals surface area contributed by atoms with Crippen molar-refractivity contribution < 1.29 is 14.3 Å². The number of carbonyl (C=O) groups excluding carboxylic acids is 1. The van der Waals surface area contributed by atoms with Gasteiger partial charge in [0.25, 0.3) is 0 Å². The van der Waals surface area contributed by atoms with Crippen molar-refractivity contribution in [1.82, 2.24) is 0 Å². The number of benzene rings is 1. The summed E-state index contributed by atoms with van der Waals surface area (Å²) in [4.78, 5) is 11.0. The molecule has 1 aliphatic rings. The summed E-state index contributed by atoms with van der Waals surface area (Å²) in [5.41, 5.74) is 7.49.